The molecule has 2 heterocycles. The summed E-state index contributed by atoms with van der Waals surface area (Å²) in [5, 5.41) is 1.03. The van der Waals surface area contributed by atoms with Gasteiger partial charge in [-0.3, -0.25) is 9.59 Å². The van der Waals surface area contributed by atoms with E-state index in [1.165, 1.54) is 0 Å². The van der Waals surface area contributed by atoms with Crippen molar-refractivity contribution in [3.63, 3.8) is 0 Å². The number of rotatable bonds is 3. The summed E-state index contributed by atoms with van der Waals surface area (Å²) in [5.41, 5.74) is 0.854. The van der Waals surface area contributed by atoms with Gasteiger partial charge in [0.2, 0.25) is 5.91 Å². The third-order valence-corrected chi connectivity index (χ3v) is 3.91. The topological polar surface area (TPSA) is 42.3 Å². The number of fused-ring (bicyclic) bond motifs is 1. The molecule has 0 atom stereocenters. The Bertz CT molecular complexity index is 684. The number of carbonyl (C=O) groups excluding carboxylic acids is 1. The number of pyridine rings is 1. The molecule has 2 aromatic rings. The molecule has 1 aliphatic heterocycles. The second-order valence-electron chi connectivity index (χ2n) is 5.22. The predicted molar refractivity (Wildman–Crippen MR) is 78.6 cm³/mol. The summed E-state index contributed by atoms with van der Waals surface area (Å²) >= 11 is 0. The summed E-state index contributed by atoms with van der Waals surface area (Å²) in [4.78, 5) is 26.0. The maximum atomic E-state index is 12.1. The number of hydrogen-bond acceptors (Lipinski definition) is 2. The first kappa shape index (κ1) is 12.9. The van der Waals surface area contributed by atoms with Gasteiger partial charge in [0.25, 0.3) is 5.56 Å². The number of carbonyl (C=O) groups is 1. The van der Waals surface area contributed by atoms with Crippen molar-refractivity contribution >= 4 is 16.8 Å². The van der Waals surface area contributed by atoms with Gasteiger partial charge in [0, 0.05) is 32.1 Å². The molecule has 0 saturated carbocycles. The minimum atomic E-state index is -0.0436. The lowest BCUT2D eigenvalue weighted by molar-refractivity contribution is -0.130. The maximum Gasteiger partial charge on any atom is 0.251 e. The van der Waals surface area contributed by atoms with Crippen molar-refractivity contribution in [2.24, 2.45) is 0 Å². The van der Waals surface area contributed by atoms with Crippen LogP contribution in [0.1, 0.15) is 19.3 Å². The second-order valence-corrected chi connectivity index (χ2v) is 5.22. The molecule has 0 N–H and O–H groups in total. The molecule has 104 valence electrons. The van der Waals surface area contributed by atoms with Gasteiger partial charge in [-0.2, -0.15) is 0 Å². The fraction of sp³-hybridized carbons (Fsp3) is 0.375. The third kappa shape index (κ3) is 2.46. The number of para-hydroxylation sites is 1. The normalized spacial score (nSPS) is 14.9. The molecular formula is C16H18N2O2. The second kappa shape index (κ2) is 5.49. The molecule has 1 fully saturated rings. The van der Waals surface area contributed by atoms with E-state index in [4.69, 9.17) is 0 Å². The monoisotopic (exact) mass is 270 g/mol. The SMILES string of the molecule is O=C(CCn1c(=O)ccc2ccccc21)N1CCCC1. The largest absolute Gasteiger partial charge is 0.343 e. The molecule has 0 aliphatic carbocycles. The smallest absolute Gasteiger partial charge is 0.251 e. The molecule has 0 bridgehead atoms. The molecule has 20 heavy (non-hydrogen) atoms. The highest BCUT2D eigenvalue weighted by atomic mass is 16.2. The number of aryl methyl sites for hydroxylation is 1. The van der Waals surface area contributed by atoms with E-state index in [1.807, 2.05) is 35.2 Å². The first-order valence-corrected chi connectivity index (χ1v) is 7.12. The Labute approximate surface area is 117 Å². The highest BCUT2D eigenvalue weighted by molar-refractivity contribution is 5.79. The Balaban J connectivity index is 1.81. The lowest BCUT2D eigenvalue weighted by atomic mass is 10.2. The molecule has 4 heteroatoms. The van der Waals surface area contributed by atoms with Gasteiger partial charge in [0.15, 0.2) is 0 Å². The highest BCUT2D eigenvalue weighted by Crippen LogP contribution is 2.13. The zero-order valence-corrected chi connectivity index (χ0v) is 11.4. The average Bonchev–Trinajstić information content (AvgIpc) is 3.00. The van der Waals surface area contributed by atoms with Crippen LogP contribution in [0.15, 0.2) is 41.2 Å². The molecule has 1 aromatic carbocycles. The molecule has 0 spiro atoms. The van der Waals surface area contributed by atoms with Gasteiger partial charge in [-0.1, -0.05) is 18.2 Å². The average molecular weight is 270 g/mol. The van der Waals surface area contributed by atoms with Crippen LogP contribution in [0.3, 0.4) is 0 Å². The lowest BCUT2D eigenvalue weighted by Crippen LogP contribution is -2.30. The Morgan fingerprint density at radius 2 is 1.80 bits per heavy atom. The van der Waals surface area contributed by atoms with E-state index in [2.05, 4.69) is 0 Å². The zero-order chi connectivity index (χ0) is 13.9. The molecule has 1 saturated heterocycles. The molecular weight excluding hydrogens is 252 g/mol. The van der Waals surface area contributed by atoms with Crippen molar-refractivity contribution < 1.29 is 4.79 Å². The van der Waals surface area contributed by atoms with Crippen LogP contribution in [0.2, 0.25) is 0 Å². The molecule has 0 unspecified atom stereocenters. The van der Waals surface area contributed by atoms with E-state index < -0.39 is 0 Å². The fourth-order valence-electron chi connectivity index (χ4n) is 2.81. The van der Waals surface area contributed by atoms with Crippen molar-refractivity contribution in [1.82, 2.24) is 9.47 Å². The van der Waals surface area contributed by atoms with E-state index in [0.717, 1.165) is 36.8 Å². The van der Waals surface area contributed by atoms with E-state index in [-0.39, 0.29) is 11.5 Å². The van der Waals surface area contributed by atoms with Gasteiger partial charge < -0.3 is 9.47 Å². The molecule has 4 nitrogen and oxygen atoms in total. The Kier molecular flexibility index (Phi) is 3.54. The summed E-state index contributed by atoms with van der Waals surface area (Å²) in [5.74, 6) is 0.155. The van der Waals surface area contributed by atoms with Crippen molar-refractivity contribution in [3.05, 3.63) is 46.8 Å². The minimum absolute atomic E-state index is 0.0436. The first-order valence-electron chi connectivity index (χ1n) is 7.12. The first-order chi connectivity index (χ1) is 9.75. The van der Waals surface area contributed by atoms with Crippen LogP contribution in [0.4, 0.5) is 0 Å². The number of hydrogen-bond donors (Lipinski definition) is 0. The highest BCUT2D eigenvalue weighted by Gasteiger charge is 2.17. The minimum Gasteiger partial charge on any atom is -0.343 e. The van der Waals surface area contributed by atoms with Gasteiger partial charge in [0.05, 0.1) is 5.52 Å². The van der Waals surface area contributed by atoms with Crippen LogP contribution in [0.25, 0.3) is 10.9 Å². The van der Waals surface area contributed by atoms with Crippen LogP contribution < -0.4 is 5.56 Å². The van der Waals surface area contributed by atoms with Crippen LogP contribution in [-0.2, 0) is 11.3 Å². The number of amides is 1. The maximum absolute atomic E-state index is 12.1. The molecule has 1 aliphatic rings. The molecule has 3 rings (SSSR count). The quantitative estimate of drug-likeness (QED) is 0.856. The van der Waals surface area contributed by atoms with Crippen LogP contribution in [0, 0.1) is 0 Å². The standard InChI is InChI=1S/C16H18N2O2/c19-15(17-10-3-4-11-17)9-12-18-14-6-2-1-5-13(14)7-8-16(18)20/h1-2,5-8H,3-4,9-12H2. The number of likely N-dealkylation sites (tertiary alicyclic amines) is 1. The molecule has 1 aromatic heterocycles. The van der Waals surface area contributed by atoms with E-state index in [9.17, 15) is 9.59 Å². The van der Waals surface area contributed by atoms with Crippen LogP contribution in [-0.4, -0.2) is 28.5 Å². The molecule has 0 radical (unpaired) electrons. The van der Waals surface area contributed by atoms with Gasteiger partial charge in [-0.25, -0.2) is 0 Å². The zero-order valence-electron chi connectivity index (χ0n) is 11.4. The molecule has 1 amide bonds. The summed E-state index contributed by atoms with van der Waals surface area (Å²) < 4.78 is 1.70. The van der Waals surface area contributed by atoms with E-state index in [1.54, 1.807) is 10.6 Å². The van der Waals surface area contributed by atoms with E-state index >= 15 is 0 Å². The summed E-state index contributed by atoms with van der Waals surface area (Å²) in [6, 6.07) is 11.2. The Hall–Kier alpha value is -2.10. The Morgan fingerprint density at radius 1 is 1.05 bits per heavy atom. The van der Waals surface area contributed by atoms with Crippen molar-refractivity contribution in [1.29, 1.82) is 0 Å². The fourth-order valence-corrected chi connectivity index (χ4v) is 2.81. The predicted octanol–water partition coefficient (Wildman–Crippen LogP) is 2.01. The van der Waals surface area contributed by atoms with Gasteiger partial charge in [-0.05, 0) is 30.4 Å². The van der Waals surface area contributed by atoms with Crippen molar-refractivity contribution in [2.45, 2.75) is 25.8 Å². The van der Waals surface area contributed by atoms with Crippen molar-refractivity contribution in [2.75, 3.05) is 13.1 Å². The third-order valence-electron chi connectivity index (χ3n) is 3.91. The number of nitrogens with zero attached hydrogens (tertiary/aromatic N) is 2. The number of aromatic nitrogens is 1. The summed E-state index contributed by atoms with van der Waals surface area (Å²) in [7, 11) is 0. The van der Waals surface area contributed by atoms with Gasteiger partial charge in [-0.15, -0.1) is 0 Å². The van der Waals surface area contributed by atoms with Crippen molar-refractivity contribution in [3.8, 4) is 0 Å². The summed E-state index contributed by atoms with van der Waals surface area (Å²) in [6.07, 6.45) is 2.59. The summed E-state index contributed by atoms with van der Waals surface area (Å²) in [6.45, 7) is 2.18. The Morgan fingerprint density at radius 3 is 2.60 bits per heavy atom. The van der Waals surface area contributed by atoms with Gasteiger partial charge >= 0.3 is 0 Å². The van der Waals surface area contributed by atoms with Crippen LogP contribution in [0.5, 0.6) is 0 Å². The van der Waals surface area contributed by atoms with E-state index in [0.29, 0.717) is 13.0 Å². The lowest BCUT2D eigenvalue weighted by Gasteiger charge is -2.16. The van der Waals surface area contributed by atoms with Gasteiger partial charge in [0.1, 0.15) is 0 Å². The number of benzene rings is 1. The van der Waals surface area contributed by atoms with Crippen LogP contribution >= 0.6 is 0 Å².